The fourth-order valence-corrected chi connectivity index (χ4v) is 1.32. The minimum Gasteiger partial charge on any atom is -0.465 e. The Hall–Kier alpha value is -1.38. The van der Waals surface area contributed by atoms with Crippen LogP contribution in [0.25, 0.3) is 0 Å². The summed E-state index contributed by atoms with van der Waals surface area (Å²) in [4.78, 5) is 23.4. The van der Waals surface area contributed by atoms with Crippen molar-refractivity contribution in [2.75, 3.05) is 12.9 Å². The fourth-order valence-electron chi connectivity index (χ4n) is 0.907. The lowest BCUT2D eigenvalue weighted by Crippen LogP contribution is -2.29. The molecule has 0 saturated heterocycles. The monoisotopic (exact) mass is 244 g/mol. The molecule has 0 aromatic carbocycles. The summed E-state index contributed by atoms with van der Waals surface area (Å²) in [5, 5.41) is 0.584. The van der Waals surface area contributed by atoms with E-state index in [1.807, 2.05) is 13.2 Å². The van der Waals surface area contributed by atoms with Crippen molar-refractivity contribution in [3.8, 4) is 5.88 Å². The molecule has 1 rings (SSSR count). The maximum absolute atomic E-state index is 10.9. The molecule has 16 heavy (non-hydrogen) atoms. The summed E-state index contributed by atoms with van der Waals surface area (Å²) in [6, 6.07) is 1.63. The summed E-state index contributed by atoms with van der Waals surface area (Å²) in [5.74, 6) is 4.48. The van der Waals surface area contributed by atoms with Gasteiger partial charge < -0.3 is 9.57 Å². The molecule has 0 bridgehead atoms. The van der Waals surface area contributed by atoms with Crippen LogP contribution in [0.2, 0.25) is 0 Å². The Balaban J connectivity index is 2.59. The second kappa shape index (κ2) is 6.26. The number of nitrogens with zero attached hydrogens (tertiary/aromatic N) is 2. The number of carbonyl (C=O) groups excluding carboxylic acids is 1. The molecule has 0 aliphatic heterocycles. The van der Waals surface area contributed by atoms with Gasteiger partial charge in [-0.25, -0.2) is 15.6 Å². The molecule has 0 aliphatic carbocycles. The van der Waals surface area contributed by atoms with Crippen LogP contribution in [0.3, 0.4) is 0 Å². The van der Waals surface area contributed by atoms with Crippen molar-refractivity contribution in [1.82, 2.24) is 15.6 Å². The van der Waals surface area contributed by atoms with Crippen molar-refractivity contribution in [1.29, 1.82) is 0 Å². The second-order valence-electron chi connectivity index (χ2n) is 2.71. The number of rotatable bonds is 5. The Bertz CT molecular complexity index is 374. The number of nitrogens with one attached hydrogen (secondary N) is 1. The van der Waals surface area contributed by atoms with Crippen molar-refractivity contribution < 1.29 is 14.4 Å². The van der Waals surface area contributed by atoms with Gasteiger partial charge in [-0.05, 0) is 13.2 Å². The third-order valence-corrected chi connectivity index (χ3v) is 2.05. The molecule has 3 N–H and O–H groups in total. The molecular formula is C8H12N4O3S. The van der Waals surface area contributed by atoms with Crippen LogP contribution in [0, 0.1) is 6.92 Å². The lowest BCUT2D eigenvalue weighted by Gasteiger charge is -2.06. The zero-order valence-corrected chi connectivity index (χ0v) is 9.71. The van der Waals surface area contributed by atoms with Gasteiger partial charge in [-0.1, -0.05) is 17.4 Å². The van der Waals surface area contributed by atoms with Crippen molar-refractivity contribution in [2.45, 2.75) is 12.1 Å². The molecule has 1 aromatic rings. The molecule has 0 unspecified atom stereocenters. The van der Waals surface area contributed by atoms with Gasteiger partial charge >= 0.3 is 5.97 Å². The lowest BCUT2D eigenvalue weighted by atomic mass is 10.4. The second-order valence-corrected chi connectivity index (χ2v) is 3.49. The SMILES string of the molecule is CSc1nc(C)cc(OCC(=O)ONN)n1. The number of ether oxygens (including phenoxy) is 1. The molecule has 8 heteroatoms. The number of aromatic nitrogens is 2. The van der Waals surface area contributed by atoms with Gasteiger partial charge in [0.1, 0.15) is 0 Å². The van der Waals surface area contributed by atoms with E-state index < -0.39 is 5.97 Å². The average Bonchev–Trinajstić information content (AvgIpc) is 2.26. The van der Waals surface area contributed by atoms with E-state index in [-0.39, 0.29) is 6.61 Å². The van der Waals surface area contributed by atoms with Gasteiger partial charge in [0.25, 0.3) is 0 Å². The summed E-state index contributed by atoms with van der Waals surface area (Å²) in [6.07, 6.45) is 1.85. The van der Waals surface area contributed by atoms with E-state index in [1.54, 1.807) is 11.7 Å². The predicted molar refractivity (Wildman–Crippen MR) is 57.5 cm³/mol. The Morgan fingerprint density at radius 1 is 1.62 bits per heavy atom. The first kappa shape index (κ1) is 12.7. The first-order valence-corrected chi connectivity index (χ1v) is 5.56. The predicted octanol–water partition coefficient (Wildman–Crippen LogP) is -0.193. The minimum atomic E-state index is -0.635. The molecule has 0 spiro atoms. The molecule has 0 amide bonds. The largest absolute Gasteiger partial charge is 0.465 e. The number of thioether (sulfide) groups is 1. The van der Waals surface area contributed by atoms with E-state index in [0.29, 0.717) is 11.0 Å². The highest BCUT2D eigenvalue weighted by atomic mass is 32.2. The van der Waals surface area contributed by atoms with E-state index in [9.17, 15) is 4.79 Å². The van der Waals surface area contributed by atoms with Gasteiger partial charge in [0.15, 0.2) is 11.8 Å². The maximum Gasteiger partial charge on any atom is 0.364 e. The highest BCUT2D eigenvalue weighted by Crippen LogP contribution is 2.15. The van der Waals surface area contributed by atoms with Crippen LogP contribution in [0.4, 0.5) is 0 Å². The standard InChI is InChI=1S/C8H12N4O3S/c1-5-3-6(11-8(10-5)16-2)14-4-7(13)15-12-9/h3,12H,4,9H2,1-2H3. The van der Waals surface area contributed by atoms with Crippen LogP contribution in [-0.2, 0) is 9.63 Å². The Morgan fingerprint density at radius 3 is 3.00 bits per heavy atom. The van der Waals surface area contributed by atoms with Crippen LogP contribution in [-0.4, -0.2) is 28.8 Å². The number of nitrogens with two attached hydrogens (primary N) is 1. The maximum atomic E-state index is 10.9. The summed E-state index contributed by atoms with van der Waals surface area (Å²) in [5.41, 5.74) is 2.53. The number of hydrogen-bond donors (Lipinski definition) is 2. The lowest BCUT2D eigenvalue weighted by molar-refractivity contribution is -0.153. The smallest absolute Gasteiger partial charge is 0.364 e. The summed E-state index contributed by atoms with van der Waals surface area (Å²) >= 11 is 1.39. The van der Waals surface area contributed by atoms with Crippen molar-refractivity contribution in [3.63, 3.8) is 0 Å². The molecule has 0 aliphatic rings. The summed E-state index contributed by atoms with van der Waals surface area (Å²) in [6.45, 7) is 1.54. The molecule has 1 heterocycles. The number of hydrazine groups is 1. The van der Waals surface area contributed by atoms with E-state index in [4.69, 9.17) is 10.6 Å². The minimum absolute atomic E-state index is 0.269. The zero-order valence-electron chi connectivity index (χ0n) is 8.89. The quantitative estimate of drug-likeness (QED) is 0.318. The Labute approximate surface area is 96.7 Å². The highest BCUT2D eigenvalue weighted by molar-refractivity contribution is 7.98. The normalized spacial score (nSPS) is 9.94. The van der Waals surface area contributed by atoms with Crippen LogP contribution >= 0.6 is 11.8 Å². The molecule has 0 saturated carbocycles. The van der Waals surface area contributed by atoms with Crippen LogP contribution < -0.4 is 16.2 Å². The molecule has 0 fully saturated rings. The van der Waals surface area contributed by atoms with Gasteiger partial charge in [0.05, 0.1) is 0 Å². The van der Waals surface area contributed by atoms with Gasteiger partial charge in [-0.15, -0.1) is 0 Å². The highest BCUT2D eigenvalue weighted by Gasteiger charge is 2.06. The van der Waals surface area contributed by atoms with Crippen molar-refractivity contribution in [2.24, 2.45) is 5.84 Å². The van der Waals surface area contributed by atoms with Crippen LogP contribution in [0.1, 0.15) is 5.69 Å². The number of aryl methyl sites for hydroxylation is 1. The van der Waals surface area contributed by atoms with E-state index in [2.05, 4.69) is 14.8 Å². The van der Waals surface area contributed by atoms with E-state index in [0.717, 1.165) is 5.69 Å². The molecule has 88 valence electrons. The summed E-state index contributed by atoms with van der Waals surface area (Å²) in [7, 11) is 0. The van der Waals surface area contributed by atoms with Crippen LogP contribution in [0.5, 0.6) is 5.88 Å². The molecule has 1 aromatic heterocycles. The Kier molecular flexibility index (Phi) is 4.96. The topological polar surface area (TPSA) is 99.4 Å². The van der Waals surface area contributed by atoms with Gasteiger partial charge in [-0.3, -0.25) is 0 Å². The van der Waals surface area contributed by atoms with Gasteiger partial charge in [0.2, 0.25) is 5.88 Å². The van der Waals surface area contributed by atoms with Crippen LogP contribution in [0.15, 0.2) is 11.2 Å². The average molecular weight is 244 g/mol. The van der Waals surface area contributed by atoms with Gasteiger partial charge in [0, 0.05) is 11.8 Å². The number of carbonyl (C=O) groups is 1. The zero-order chi connectivity index (χ0) is 12.0. The number of hydrogen-bond acceptors (Lipinski definition) is 8. The molecular weight excluding hydrogens is 232 g/mol. The molecule has 0 radical (unpaired) electrons. The summed E-state index contributed by atoms with van der Waals surface area (Å²) < 4.78 is 5.11. The first-order chi connectivity index (χ1) is 7.65. The Morgan fingerprint density at radius 2 is 2.38 bits per heavy atom. The third-order valence-electron chi connectivity index (χ3n) is 1.50. The third kappa shape index (κ3) is 4.01. The van der Waals surface area contributed by atoms with Crippen molar-refractivity contribution >= 4 is 17.7 Å². The molecule has 7 nitrogen and oxygen atoms in total. The fraction of sp³-hybridized carbons (Fsp3) is 0.375. The first-order valence-electron chi connectivity index (χ1n) is 4.33. The van der Waals surface area contributed by atoms with E-state index >= 15 is 0 Å². The van der Waals surface area contributed by atoms with E-state index in [1.165, 1.54) is 11.8 Å². The molecule has 0 atom stereocenters. The van der Waals surface area contributed by atoms with Crippen molar-refractivity contribution in [3.05, 3.63) is 11.8 Å². The van der Waals surface area contributed by atoms with Gasteiger partial charge in [-0.2, -0.15) is 4.98 Å².